The lowest BCUT2D eigenvalue weighted by Crippen LogP contribution is -2.29. The standard InChI is InChI=1S/C19H17FN2O3/c1-21(15-8-5-7-14(20)11-15)19(24)17-10-13-6-3-4-9-16(13)22(17)12-18(23)25-2/h3-11H,12H2,1-2H3. The summed E-state index contributed by atoms with van der Waals surface area (Å²) in [6, 6.07) is 14.9. The molecule has 0 saturated carbocycles. The molecule has 0 N–H and O–H groups in total. The van der Waals surface area contributed by atoms with E-state index in [1.165, 1.54) is 24.1 Å². The third-order valence-electron chi connectivity index (χ3n) is 4.04. The highest BCUT2D eigenvalue weighted by Crippen LogP contribution is 2.23. The second kappa shape index (κ2) is 6.76. The van der Waals surface area contributed by atoms with Crippen molar-refractivity contribution in [2.45, 2.75) is 6.54 Å². The summed E-state index contributed by atoms with van der Waals surface area (Å²) in [6.07, 6.45) is 0. The van der Waals surface area contributed by atoms with Crippen LogP contribution in [0.2, 0.25) is 0 Å². The van der Waals surface area contributed by atoms with Crippen molar-refractivity contribution in [1.82, 2.24) is 4.57 Å². The second-order valence-corrected chi connectivity index (χ2v) is 5.59. The zero-order valence-corrected chi connectivity index (χ0v) is 13.9. The van der Waals surface area contributed by atoms with Crippen LogP contribution in [0.15, 0.2) is 54.6 Å². The van der Waals surface area contributed by atoms with Crippen molar-refractivity contribution >= 4 is 28.5 Å². The SMILES string of the molecule is COC(=O)Cn1c(C(=O)N(C)c2cccc(F)c2)cc2ccccc21. The minimum Gasteiger partial charge on any atom is -0.468 e. The topological polar surface area (TPSA) is 51.5 Å². The van der Waals surface area contributed by atoms with Gasteiger partial charge in [0.15, 0.2) is 0 Å². The maximum atomic E-state index is 13.5. The number of para-hydroxylation sites is 1. The summed E-state index contributed by atoms with van der Waals surface area (Å²) in [4.78, 5) is 26.1. The van der Waals surface area contributed by atoms with E-state index in [2.05, 4.69) is 0 Å². The van der Waals surface area contributed by atoms with E-state index >= 15 is 0 Å². The first kappa shape index (κ1) is 16.7. The first-order chi connectivity index (χ1) is 12.0. The van der Waals surface area contributed by atoms with Crippen LogP contribution in [0.3, 0.4) is 0 Å². The van der Waals surface area contributed by atoms with Gasteiger partial charge in [0, 0.05) is 23.6 Å². The zero-order chi connectivity index (χ0) is 18.0. The molecule has 0 radical (unpaired) electrons. The summed E-state index contributed by atoms with van der Waals surface area (Å²) in [5.74, 6) is -1.22. The molecule has 0 aliphatic carbocycles. The monoisotopic (exact) mass is 340 g/mol. The van der Waals surface area contributed by atoms with E-state index in [1.54, 1.807) is 29.8 Å². The van der Waals surface area contributed by atoms with Crippen LogP contribution in [0.4, 0.5) is 10.1 Å². The number of rotatable bonds is 4. The van der Waals surface area contributed by atoms with Crippen LogP contribution in [0, 0.1) is 5.82 Å². The maximum absolute atomic E-state index is 13.5. The van der Waals surface area contributed by atoms with Gasteiger partial charge in [-0.1, -0.05) is 24.3 Å². The summed E-state index contributed by atoms with van der Waals surface area (Å²) < 4.78 is 19.8. The summed E-state index contributed by atoms with van der Waals surface area (Å²) in [5.41, 5.74) is 1.52. The molecule has 0 unspecified atom stereocenters. The number of benzene rings is 2. The molecule has 0 bridgehead atoms. The van der Waals surface area contributed by atoms with Crippen LogP contribution in [0.5, 0.6) is 0 Å². The molecule has 2 aromatic carbocycles. The Hall–Kier alpha value is -3.15. The lowest BCUT2D eigenvalue weighted by molar-refractivity contribution is -0.141. The molecule has 0 atom stereocenters. The van der Waals surface area contributed by atoms with Crippen molar-refractivity contribution in [2.24, 2.45) is 0 Å². The van der Waals surface area contributed by atoms with E-state index in [0.717, 1.165) is 10.9 Å². The summed E-state index contributed by atoms with van der Waals surface area (Å²) >= 11 is 0. The summed E-state index contributed by atoms with van der Waals surface area (Å²) in [5, 5.41) is 0.836. The number of hydrogen-bond donors (Lipinski definition) is 0. The van der Waals surface area contributed by atoms with Crippen molar-refractivity contribution in [3.05, 3.63) is 66.1 Å². The Morgan fingerprint density at radius 3 is 2.60 bits per heavy atom. The summed E-state index contributed by atoms with van der Waals surface area (Å²) in [6.45, 7) is -0.0813. The van der Waals surface area contributed by atoms with Crippen molar-refractivity contribution in [3.63, 3.8) is 0 Å². The lowest BCUT2D eigenvalue weighted by Gasteiger charge is -2.18. The Morgan fingerprint density at radius 2 is 1.88 bits per heavy atom. The molecule has 6 heteroatoms. The molecule has 128 valence electrons. The average Bonchev–Trinajstić information content (AvgIpc) is 2.99. The molecule has 0 aliphatic heterocycles. The number of fused-ring (bicyclic) bond motifs is 1. The van der Waals surface area contributed by atoms with Gasteiger partial charge in [0.1, 0.15) is 18.1 Å². The van der Waals surface area contributed by atoms with E-state index in [9.17, 15) is 14.0 Å². The Kier molecular flexibility index (Phi) is 4.52. The van der Waals surface area contributed by atoms with Crippen molar-refractivity contribution in [2.75, 3.05) is 19.1 Å². The summed E-state index contributed by atoms with van der Waals surface area (Å²) in [7, 11) is 2.87. The molecule has 1 aromatic heterocycles. The van der Waals surface area contributed by atoms with Crippen molar-refractivity contribution in [1.29, 1.82) is 0 Å². The molecule has 0 aliphatic rings. The normalized spacial score (nSPS) is 10.7. The van der Waals surface area contributed by atoms with Gasteiger partial charge in [0.25, 0.3) is 5.91 Å². The van der Waals surface area contributed by atoms with Gasteiger partial charge in [-0.3, -0.25) is 9.59 Å². The third-order valence-corrected chi connectivity index (χ3v) is 4.04. The number of anilines is 1. The Bertz CT molecular complexity index is 949. The van der Waals surface area contributed by atoms with E-state index in [1.807, 2.05) is 24.3 Å². The fourth-order valence-corrected chi connectivity index (χ4v) is 2.73. The minimum atomic E-state index is -0.455. The number of halogens is 1. The van der Waals surface area contributed by atoms with Crippen LogP contribution >= 0.6 is 0 Å². The Morgan fingerprint density at radius 1 is 1.12 bits per heavy atom. The Labute approximate surface area is 144 Å². The second-order valence-electron chi connectivity index (χ2n) is 5.59. The van der Waals surface area contributed by atoms with Crippen LogP contribution < -0.4 is 4.90 Å². The van der Waals surface area contributed by atoms with Crippen molar-refractivity contribution in [3.8, 4) is 0 Å². The molecule has 3 aromatic rings. The number of esters is 1. The van der Waals surface area contributed by atoms with Gasteiger partial charge < -0.3 is 14.2 Å². The average molecular weight is 340 g/mol. The van der Waals surface area contributed by atoms with Crippen molar-refractivity contribution < 1.29 is 18.7 Å². The molecule has 3 rings (SSSR count). The smallest absolute Gasteiger partial charge is 0.325 e. The van der Waals surface area contributed by atoms with Gasteiger partial charge in [-0.2, -0.15) is 0 Å². The first-order valence-electron chi connectivity index (χ1n) is 7.70. The highest BCUT2D eigenvalue weighted by atomic mass is 19.1. The molecule has 0 saturated heterocycles. The lowest BCUT2D eigenvalue weighted by atomic mass is 10.2. The number of amides is 1. The highest BCUT2D eigenvalue weighted by molar-refractivity contribution is 6.08. The molecule has 0 fully saturated rings. The molecule has 1 amide bonds. The number of nitrogens with zero attached hydrogens (tertiary/aromatic N) is 2. The Balaban J connectivity index is 2.06. The van der Waals surface area contributed by atoms with E-state index in [-0.39, 0.29) is 12.5 Å². The van der Waals surface area contributed by atoms with Crippen LogP contribution in [0.1, 0.15) is 10.5 Å². The van der Waals surface area contributed by atoms with Crippen LogP contribution in [-0.4, -0.2) is 30.6 Å². The number of carbonyl (C=O) groups is 2. The van der Waals surface area contributed by atoms with Crippen LogP contribution in [-0.2, 0) is 16.1 Å². The molecular formula is C19H17FN2O3. The molecule has 1 heterocycles. The highest BCUT2D eigenvalue weighted by Gasteiger charge is 2.21. The van der Waals surface area contributed by atoms with E-state index in [0.29, 0.717) is 11.4 Å². The minimum absolute atomic E-state index is 0.0813. The predicted molar refractivity (Wildman–Crippen MR) is 93.1 cm³/mol. The van der Waals surface area contributed by atoms with E-state index in [4.69, 9.17) is 4.74 Å². The number of hydrogen-bond acceptors (Lipinski definition) is 3. The predicted octanol–water partition coefficient (Wildman–Crippen LogP) is 3.23. The molecule has 0 spiro atoms. The van der Waals surface area contributed by atoms with E-state index < -0.39 is 11.8 Å². The van der Waals surface area contributed by atoms with Gasteiger partial charge in [0.2, 0.25) is 0 Å². The van der Waals surface area contributed by atoms with Gasteiger partial charge >= 0.3 is 5.97 Å². The van der Waals surface area contributed by atoms with Gasteiger partial charge in [-0.15, -0.1) is 0 Å². The number of aromatic nitrogens is 1. The largest absolute Gasteiger partial charge is 0.468 e. The maximum Gasteiger partial charge on any atom is 0.325 e. The first-order valence-corrected chi connectivity index (χ1v) is 7.70. The number of carbonyl (C=O) groups excluding carboxylic acids is 2. The van der Waals surface area contributed by atoms with Gasteiger partial charge in [-0.05, 0) is 30.3 Å². The number of methoxy groups -OCH3 is 1. The fourth-order valence-electron chi connectivity index (χ4n) is 2.73. The van der Waals surface area contributed by atoms with Gasteiger partial charge in [0.05, 0.1) is 7.11 Å². The molecular weight excluding hydrogens is 323 g/mol. The molecule has 25 heavy (non-hydrogen) atoms. The molecule has 5 nitrogen and oxygen atoms in total. The van der Waals surface area contributed by atoms with Crippen LogP contribution in [0.25, 0.3) is 10.9 Å². The fraction of sp³-hybridized carbons (Fsp3) is 0.158. The quantitative estimate of drug-likeness (QED) is 0.685. The zero-order valence-electron chi connectivity index (χ0n) is 13.9. The third kappa shape index (κ3) is 3.24. The van der Waals surface area contributed by atoms with Gasteiger partial charge in [-0.25, -0.2) is 4.39 Å². The number of ether oxygens (including phenoxy) is 1.